The number of carbonyl (C=O) groups excluding carboxylic acids is 1. The van der Waals surface area contributed by atoms with E-state index in [4.69, 9.17) is 0 Å². The number of halogens is 1. The van der Waals surface area contributed by atoms with Gasteiger partial charge in [0.05, 0.1) is 5.52 Å². The summed E-state index contributed by atoms with van der Waals surface area (Å²) in [4.78, 5) is 28.5. The molecule has 1 aromatic carbocycles. The monoisotopic (exact) mass is 325 g/mol. The number of nitrogens with one attached hydrogen (secondary N) is 1. The van der Waals surface area contributed by atoms with Crippen molar-refractivity contribution in [1.29, 1.82) is 0 Å². The van der Waals surface area contributed by atoms with Crippen LogP contribution in [0.15, 0.2) is 47.4 Å². The molecule has 3 aromatic rings. The number of carbonyl (C=O) groups is 1. The Morgan fingerprint density at radius 2 is 2.04 bits per heavy atom. The highest BCUT2D eigenvalue weighted by molar-refractivity contribution is 5.91. The molecule has 3 rings (SSSR count). The molecule has 0 aliphatic rings. The standard InChI is InChI=1S/C18H16FN3O2/c1-11-5-4-8-20-18(11)21-16(24)10-22-12(2)9-15(23)13-6-3-7-14(19)17(13)22/h3-9H,10H2,1-2H3,(H,20,21,24). The number of hydrogen-bond donors (Lipinski definition) is 1. The fraction of sp³-hybridized carbons (Fsp3) is 0.167. The molecule has 5 nitrogen and oxygen atoms in total. The average Bonchev–Trinajstić information content (AvgIpc) is 2.54. The van der Waals surface area contributed by atoms with Crippen molar-refractivity contribution < 1.29 is 9.18 Å². The van der Waals surface area contributed by atoms with Crippen molar-refractivity contribution in [1.82, 2.24) is 9.55 Å². The van der Waals surface area contributed by atoms with E-state index in [0.717, 1.165) is 5.56 Å². The van der Waals surface area contributed by atoms with Gasteiger partial charge in [-0.3, -0.25) is 9.59 Å². The zero-order chi connectivity index (χ0) is 17.3. The van der Waals surface area contributed by atoms with Crippen molar-refractivity contribution in [3.05, 3.63) is 69.9 Å². The molecule has 1 amide bonds. The van der Waals surface area contributed by atoms with E-state index < -0.39 is 5.82 Å². The smallest absolute Gasteiger partial charge is 0.245 e. The Bertz CT molecular complexity index is 995. The first kappa shape index (κ1) is 15.9. The predicted octanol–water partition coefficient (Wildman–Crippen LogP) is 2.79. The second-order valence-corrected chi connectivity index (χ2v) is 5.59. The summed E-state index contributed by atoms with van der Waals surface area (Å²) in [7, 11) is 0. The van der Waals surface area contributed by atoms with E-state index >= 15 is 0 Å². The van der Waals surface area contributed by atoms with Crippen molar-refractivity contribution >= 4 is 22.6 Å². The van der Waals surface area contributed by atoms with Crippen molar-refractivity contribution in [3.63, 3.8) is 0 Å². The highest BCUT2D eigenvalue weighted by atomic mass is 19.1. The maximum Gasteiger partial charge on any atom is 0.245 e. The fourth-order valence-electron chi connectivity index (χ4n) is 2.65. The van der Waals surface area contributed by atoms with E-state index in [2.05, 4.69) is 10.3 Å². The molecule has 0 aliphatic carbocycles. The molecule has 0 saturated heterocycles. The van der Waals surface area contributed by atoms with Gasteiger partial charge in [-0.1, -0.05) is 12.1 Å². The molecule has 0 bridgehead atoms. The normalized spacial score (nSPS) is 10.8. The molecule has 0 aliphatic heterocycles. The Labute approximate surface area is 137 Å². The average molecular weight is 325 g/mol. The molecule has 0 spiro atoms. The van der Waals surface area contributed by atoms with Gasteiger partial charge < -0.3 is 9.88 Å². The fourth-order valence-corrected chi connectivity index (χ4v) is 2.65. The van der Waals surface area contributed by atoms with E-state index in [-0.39, 0.29) is 28.8 Å². The van der Waals surface area contributed by atoms with E-state index in [1.165, 1.54) is 22.8 Å². The number of amides is 1. The van der Waals surface area contributed by atoms with Gasteiger partial charge in [-0.2, -0.15) is 0 Å². The molecule has 2 heterocycles. The second kappa shape index (κ2) is 6.23. The topological polar surface area (TPSA) is 64.0 Å². The summed E-state index contributed by atoms with van der Waals surface area (Å²) in [5.74, 6) is -0.408. The summed E-state index contributed by atoms with van der Waals surface area (Å²) in [6.07, 6.45) is 1.59. The minimum Gasteiger partial charge on any atom is -0.333 e. The first-order chi connectivity index (χ1) is 11.5. The van der Waals surface area contributed by atoms with Gasteiger partial charge in [-0.05, 0) is 37.6 Å². The SMILES string of the molecule is Cc1cccnc1NC(=O)Cn1c(C)cc(=O)c2cccc(F)c21. The van der Waals surface area contributed by atoms with Crippen LogP contribution in [0, 0.1) is 19.7 Å². The van der Waals surface area contributed by atoms with Gasteiger partial charge in [0.1, 0.15) is 18.2 Å². The van der Waals surface area contributed by atoms with Crippen molar-refractivity contribution in [2.45, 2.75) is 20.4 Å². The van der Waals surface area contributed by atoms with Crippen LogP contribution in [0.1, 0.15) is 11.3 Å². The third-order valence-electron chi connectivity index (χ3n) is 3.86. The van der Waals surface area contributed by atoms with E-state index in [9.17, 15) is 14.0 Å². The molecule has 0 radical (unpaired) electrons. The van der Waals surface area contributed by atoms with Crippen LogP contribution in [0.2, 0.25) is 0 Å². The first-order valence-electron chi connectivity index (χ1n) is 7.47. The molecule has 0 fully saturated rings. The Morgan fingerprint density at radius 3 is 2.79 bits per heavy atom. The van der Waals surface area contributed by atoms with Crippen LogP contribution in [0.3, 0.4) is 0 Å². The van der Waals surface area contributed by atoms with Crippen LogP contribution < -0.4 is 10.7 Å². The largest absolute Gasteiger partial charge is 0.333 e. The number of hydrogen-bond acceptors (Lipinski definition) is 3. The molecule has 2 aromatic heterocycles. The minimum atomic E-state index is -0.532. The lowest BCUT2D eigenvalue weighted by molar-refractivity contribution is -0.116. The molecule has 6 heteroatoms. The number of aromatic nitrogens is 2. The van der Waals surface area contributed by atoms with Crippen LogP contribution >= 0.6 is 0 Å². The highest BCUT2D eigenvalue weighted by Gasteiger charge is 2.14. The third kappa shape index (κ3) is 2.90. The number of anilines is 1. The van der Waals surface area contributed by atoms with Gasteiger partial charge in [0.25, 0.3) is 0 Å². The van der Waals surface area contributed by atoms with Gasteiger partial charge in [0.15, 0.2) is 5.43 Å². The molecule has 24 heavy (non-hydrogen) atoms. The summed E-state index contributed by atoms with van der Waals surface area (Å²) in [5, 5.41) is 2.97. The lowest BCUT2D eigenvalue weighted by Crippen LogP contribution is -2.23. The van der Waals surface area contributed by atoms with E-state index in [0.29, 0.717) is 11.5 Å². The van der Waals surface area contributed by atoms with Crippen molar-refractivity contribution in [3.8, 4) is 0 Å². The number of rotatable bonds is 3. The van der Waals surface area contributed by atoms with Gasteiger partial charge in [0.2, 0.25) is 5.91 Å². The van der Waals surface area contributed by atoms with Gasteiger partial charge in [0, 0.05) is 23.3 Å². The summed E-state index contributed by atoms with van der Waals surface area (Å²) in [6, 6.07) is 9.33. The van der Waals surface area contributed by atoms with Gasteiger partial charge in [-0.15, -0.1) is 0 Å². The van der Waals surface area contributed by atoms with Crippen LogP contribution in [0.25, 0.3) is 10.9 Å². The molecule has 122 valence electrons. The van der Waals surface area contributed by atoms with Crippen molar-refractivity contribution in [2.75, 3.05) is 5.32 Å². The van der Waals surface area contributed by atoms with Crippen LogP contribution in [-0.4, -0.2) is 15.5 Å². The maximum absolute atomic E-state index is 14.2. The second-order valence-electron chi connectivity index (χ2n) is 5.59. The molecule has 0 unspecified atom stereocenters. The Morgan fingerprint density at radius 1 is 1.25 bits per heavy atom. The Balaban J connectivity index is 2.00. The number of para-hydroxylation sites is 1. The lowest BCUT2D eigenvalue weighted by Gasteiger charge is -2.15. The number of pyridine rings is 2. The van der Waals surface area contributed by atoms with E-state index in [1.54, 1.807) is 25.3 Å². The predicted molar refractivity (Wildman–Crippen MR) is 90.5 cm³/mol. The lowest BCUT2D eigenvalue weighted by atomic mass is 10.1. The number of aryl methyl sites for hydroxylation is 2. The molecular weight excluding hydrogens is 309 g/mol. The van der Waals surface area contributed by atoms with Gasteiger partial charge in [-0.25, -0.2) is 9.37 Å². The Hall–Kier alpha value is -3.02. The molecule has 0 atom stereocenters. The quantitative estimate of drug-likeness (QED) is 0.805. The van der Waals surface area contributed by atoms with Crippen molar-refractivity contribution in [2.24, 2.45) is 0 Å². The minimum absolute atomic E-state index is 0.112. The molecule has 0 saturated carbocycles. The van der Waals surface area contributed by atoms with Crippen LogP contribution in [-0.2, 0) is 11.3 Å². The highest BCUT2D eigenvalue weighted by Crippen LogP contribution is 2.17. The third-order valence-corrected chi connectivity index (χ3v) is 3.86. The maximum atomic E-state index is 14.2. The summed E-state index contributed by atoms with van der Waals surface area (Å²) >= 11 is 0. The number of fused-ring (bicyclic) bond motifs is 1. The summed E-state index contributed by atoms with van der Waals surface area (Å²) in [5.41, 5.74) is 1.22. The molecular formula is C18H16FN3O2. The number of benzene rings is 1. The van der Waals surface area contributed by atoms with Crippen LogP contribution in [0.5, 0.6) is 0 Å². The molecule has 1 N–H and O–H groups in total. The Kier molecular flexibility index (Phi) is 4.12. The van der Waals surface area contributed by atoms with Crippen LogP contribution in [0.4, 0.5) is 10.2 Å². The van der Waals surface area contributed by atoms with E-state index in [1.807, 2.05) is 13.0 Å². The number of nitrogens with zero attached hydrogens (tertiary/aromatic N) is 2. The zero-order valence-corrected chi connectivity index (χ0v) is 13.3. The zero-order valence-electron chi connectivity index (χ0n) is 13.3. The summed E-state index contributed by atoms with van der Waals surface area (Å²) in [6.45, 7) is 3.40. The van der Waals surface area contributed by atoms with Gasteiger partial charge >= 0.3 is 0 Å². The first-order valence-corrected chi connectivity index (χ1v) is 7.47. The summed E-state index contributed by atoms with van der Waals surface area (Å²) < 4.78 is 15.7.